The van der Waals surface area contributed by atoms with E-state index in [0.717, 1.165) is 11.3 Å². The Balaban J connectivity index is 1.66. The average molecular weight is 380 g/mol. The van der Waals surface area contributed by atoms with Gasteiger partial charge >= 0.3 is 5.97 Å². The van der Waals surface area contributed by atoms with Gasteiger partial charge in [0.05, 0.1) is 5.69 Å². The third kappa shape index (κ3) is 4.93. The lowest BCUT2D eigenvalue weighted by Crippen LogP contribution is -2.13. The van der Waals surface area contributed by atoms with Gasteiger partial charge < -0.3 is 19.5 Å². The van der Waals surface area contributed by atoms with Crippen LogP contribution in [0.2, 0.25) is 0 Å². The summed E-state index contributed by atoms with van der Waals surface area (Å²) in [4.78, 5) is 22.0. The van der Waals surface area contributed by atoms with Crippen LogP contribution in [0.25, 0.3) is 0 Å². The van der Waals surface area contributed by atoms with Crippen LogP contribution >= 0.6 is 0 Å². The fraction of sp³-hybridized carbons (Fsp3) is 0.0952. The summed E-state index contributed by atoms with van der Waals surface area (Å²) in [6.07, 6.45) is 0. The minimum atomic E-state index is -1.10. The Hall–Kier alpha value is -3.71. The Labute approximate surface area is 162 Å². The number of ether oxygens (including phenoxy) is 1. The molecule has 3 rings (SSSR count). The van der Waals surface area contributed by atoms with Gasteiger partial charge in [-0.1, -0.05) is 17.7 Å². The molecule has 0 bridgehead atoms. The zero-order chi connectivity index (χ0) is 19.9. The Bertz CT molecular complexity index is 940. The molecule has 0 radical (unpaired) electrons. The highest BCUT2D eigenvalue weighted by atomic mass is 16.7. The van der Waals surface area contributed by atoms with Gasteiger partial charge in [0.1, 0.15) is 17.1 Å². The van der Waals surface area contributed by atoms with Gasteiger partial charge in [-0.25, -0.2) is 10.3 Å². The van der Waals surface area contributed by atoms with Gasteiger partial charge in [-0.2, -0.15) is 5.48 Å². The SMILES string of the molecule is CNOc1ccc(C(=O)O)c(ONc2ccc(Oc3ccc(C)cc3)cc2)c1. The molecule has 0 unspecified atom stereocenters. The van der Waals surface area contributed by atoms with Crippen LogP contribution in [-0.2, 0) is 0 Å². The molecule has 0 atom stereocenters. The predicted octanol–water partition coefficient (Wildman–Crippen LogP) is 4.40. The van der Waals surface area contributed by atoms with E-state index in [-0.39, 0.29) is 11.3 Å². The Morgan fingerprint density at radius 2 is 1.46 bits per heavy atom. The van der Waals surface area contributed by atoms with E-state index < -0.39 is 5.97 Å². The fourth-order valence-corrected chi connectivity index (χ4v) is 2.39. The van der Waals surface area contributed by atoms with E-state index in [9.17, 15) is 9.90 Å². The molecule has 144 valence electrons. The topological polar surface area (TPSA) is 89.1 Å². The van der Waals surface area contributed by atoms with Gasteiger partial charge in [0.15, 0.2) is 11.5 Å². The number of hydroxylamine groups is 1. The third-order valence-corrected chi connectivity index (χ3v) is 3.79. The highest BCUT2D eigenvalue weighted by Gasteiger charge is 2.13. The molecule has 3 aromatic rings. The molecule has 0 aliphatic heterocycles. The number of anilines is 1. The largest absolute Gasteiger partial charge is 0.478 e. The van der Waals surface area contributed by atoms with Crippen LogP contribution in [-0.4, -0.2) is 18.1 Å². The molecule has 0 heterocycles. The molecule has 0 aliphatic rings. The smallest absolute Gasteiger partial charge is 0.339 e. The molecule has 0 saturated carbocycles. The Kier molecular flexibility index (Phi) is 5.98. The monoisotopic (exact) mass is 380 g/mol. The number of benzene rings is 3. The summed E-state index contributed by atoms with van der Waals surface area (Å²) < 4.78 is 5.77. The second-order valence-corrected chi connectivity index (χ2v) is 5.91. The first-order valence-electron chi connectivity index (χ1n) is 8.53. The van der Waals surface area contributed by atoms with E-state index in [0.29, 0.717) is 17.2 Å². The van der Waals surface area contributed by atoms with Crippen LogP contribution in [0.5, 0.6) is 23.0 Å². The van der Waals surface area contributed by atoms with Crippen molar-refractivity contribution in [1.82, 2.24) is 5.48 Å². The van der Waals surface area contributed by atoms with E-state index in [1.54, 1.807) is 31.3 Å². The normalized spacial score (nSPS) is 10.2. The molecule has 0 aromatic heterocycles. The van der Waals surface area contributed by atoms with Crippen LogP contribution in [0.15, 0.2) is 66.7 Å². The molecule has 3 N–H and O–H groups in total. The number of hydrogen-bond donors (Lipinski definition) is 3. The molecule has 7 nitrogen and oxygen atoms in total. The molecule has 28 heavy (non-hydrogen) atoms. The maximum atomic E-state index is 11.4. The Morgan fingerprint density at radius 3 is 2.07 bits per heavy atom. The van der Waals surface area contributed by atoms with Gasteiger partial charge in [0.25, 0.3) is 0 Å². The average Bonchev–Trinajstić information content (AvgIpc) is 2.69. The minimum absolute atomic E-state index is 0.00952. The minimum Gasteiger partial charge on any atom is -0.478 e. The zero-order valence-corrected chi connectivity index (χ0v) is 15.4. The van der Waals surface area contributed by atoms with Gasteiger partial charge in [-0.15, -0.1) is 0 Å². The van der Waals surface area contributed by atoms with E-state index in [4.69, 9.17) is 14.4 Å². The van der Waals surface area contributed by atoms with Crippen LogP contribution in [0, 0.1) is 6.92 Å². The first kappa shape index (κ1) is 19.1. The van der Waals surface area contributed by atoms with Crippen molar-refractivity contribution in [2.45, 2.75) is 6.92 Å². The van der Waals surface area contributed by atoms with Crippen molar-refractivity contribution in [3.63, 3.8) is 0 Å². The van der Waals surface area contributed by atoms with E-state index in [1.807, 2.05) is 31.2 Å². The first-order valence-corrected chi connectivity index (χ1v) is 8.53. The van der Waals surface area contributed by atoms with Crippen molar-refractivity contribution in [3.8, 4) is 23.0 Å². The number of carboxylic acid groups (broad SMARTS) is 1. The number of carboxylic acids is 1. The number of nitrogens with one attached hydrogen (secondary N) is 2. The van der Waals surface area contributed by atoms with Crippen LogP contribution < -0.4 is 25.4 Å². The summed E-state index contributed by atoms with van der Waals surface area (Å²) in [5.74, 6) is 0.862. The van der Waals surface area contributed by atoms with Crippen molar-refractivity contribution in [2.24, 2.45) is 0 Å². The van der Waals surface area contributed by atoms with Crippen LogP contribution in [0.3, 0.4) is 0 Å². The van der Waals surface area contributed by atoms with Crippen molar-refractivity contribution in [3.05, 3.63) is 77.9 Å². The highest BCUT2D eigenvalue weighted by molar-refractivity contribution is 5.91. The van der Waals surface area contributed by atoms with Gasteiger partial charge in [-0.05, 0) is 55.5 Å². The summed E-state index contributed by atoms with van der Waals surface area (Å²) in [5.41, 5.74) is 7.06. The predicted molar refractivity (Wildman–Crippen MR) is 105 cm³/mol. The summed E-state index contributed by atoms with van der Waals surface area (Å²) in [6.45, 7) is 2.01. The zero-order valence-electron chi connectivity index (χ0n) is 15.4. The summed E-state index contributed by atoms with van der Waals surface area (Å²) in [6, 6.07) is 19.3. The second-order valence-electron chi connectivity index (χ2n) is 5.91. The maximum absolute atomic E-state index is 11.4. The van der Waals surface area contributed by atoms with Crippen LogP contribution in [0.4, 0.5) is 5.69 Å². The lowest BCUT2D eigenvalue weighted by atomic mass is 10.2. The summed E-state index contributed by atoms with van der Waals surface area (Å²) in [5, 5.41) is 9.30. The molecule has 0 aliphatic carbocycles. The van der Waals surface area contributed by atoms with Crippen LogP contribution in [0.1, 0.15) is 15.9 Å². The molecule has 0 spiro atoms. The standard InChI is InChI=1S/C21H20N2O5/c1-14-3-7-16(8-4-14)26-17-9-5-15(6-10-17)23-28-20-13-18(27-22-2)11-12-19(20)21(24)25/h3-13,22-23H,1-2H3,(H,24,25). The molecule has 0 amide bonds. The molecular weight excluding hydrogens is 360 g/mol. The Morgan fingerprint density at radius 1 is 0.857 bits per heavy atom. The van der Waals surface area contributed by atoms with E-state index in [1.165, 1.54) is 18.2 Å². The number of aromatic carboxylic acids is 1. The summed E-state index contributed by atoms with van der Waals surface area (Å²) in [7, 11) is 1.60. The number of aryl methyl sites for hydroxylation is 1. The van der Waals surface area contributed by atoms with Crippen molar-refractivity contribution in [1.29, 1.82) is 0 Å². The number of rotatable bonds is 8. The van der Waals surface area contributed by atoms with E-state index >= 15 is 0 Å². The number of hydrogen-bond acceptors (Lipinski definition) is 6. The lowest BCUT2D eigenvalue weighted by Gasteiger charge is -2.12. The van der Waals surface area contributed by atoms with Gasteiger partial charge in [0.2, 0.25) is 0 Å². The molecule has 0 saturated heterocycles. The maximum Gasteiger partial charge on any atom is 0.339 e. The first-order chi connectivity index (χ1) is 13.5. The molecule has 0 fully saturated rings. The van der Waals surface area contributed by atoms with Crippen molar-refractivity contribution in [2.75, 3.05) is 12.5 Å². The second kappa shape index (κ2) is 8.79. The van der Waals surface area contributed by atoms with Crippen molar-refractivity contribution >= 4 is 11.7 Å². The lowest BCUT2D eigenvalue weighted by molar-refractivity contribution is 0.0693. The van der Waals surface area contributed by atoms with Gasteiger partial charge in [0, 0.05) is 13.1 Å². The fourth-order valence-electron chi connectivity index (χ4n) is 2.39. The third-order valence-electron chi connectivity index (χ3n) is 3.79. The van der Waals surface area contributed by atoms with E-state index in [2.05, 4.69) is 11.0 Å². The van der Waals surface area contributed by atoms with Gasteiger partial charge in [-0.3, -0.25) is 0 Å². The molecule has 7 heteroatoms. The number of carbonyl (C=O) groups is 1. The highest BCUT2D eigenvalue weighted by Crippen LogP contribution is 2.27. The quantitative estimate of drug-likeness (QED) is 0.499. The van der Waals surface area contributed by atoms with Crippen molar-refractivity contribution < 1.29 is 24.3 Å². The molecular formula is C21H20N2O5. The summed E-state index contributed by atoms with van der Waals surface area (Å²) >= 11 is 0. The molecule has 3 aromatic carbocycles.